The van der Waals surface area contributed by atoms with Crippen molar-refractivity contribution in [1.82, 2.24) is 20.4 Å². The molecular weight excluding hydrogens is 634 g/mol. The number of methoxy groups -OCH3 is 2. The van der Waals surface area contributed by atoms with Gasteiger partial charge in [0.25, 0.3) is 0 Å². The zero-order chi connectivity index (χ0) is 36.1. The molecule has 49 heavy (non-hydrogen) atoms. The molecule has 14 nitrogen and oxygen atoms in total. The third kappa shape index (κ3) is 6.13. The molecule has 0 aromatic heterocycles. The molecule has 0 spiro atoms. The van der Waals surface area contributed by atoms with Gasteiger partial charge < -0.3 is 49.8 Å². The molecular formula is C35H45N5O9. The number of phenolic OH excluding ortho intramolecular Hbond substituents is 3. The van der Waals surface area contributed by atoms with Gasteiger partial charge in [0, 0.05) is 47.6 Å². The fraction of sp³-hybridized carbons (Fsp3) is 0.514. The van der Waals surface area contributed by atoms with Gasteiger partial charge in [-0.25, -0.2) is 4.79 Å². The van der Waals surface area contributed by atoms with Gasteiger partial charge in [0.1, 0.15) is 23.4 Å². The number of nitrogens with zero attached hydrogens (tertiary/aromatic N) is 3. The van der Waals surface area contributed by atoms with Crippen LogP contribution in [0.5, 0.6) is 28.7 Å². The number of alkyl carbamates (subject to hydrolysis) is 1. The molecule has 1 fully saturated rings. The fourth-order valence-electron chi connectivity index (χ4n) is 7.20. The Labute approximate surface area is 285 Å². The minimum absolute atomic E-state index is 0.0458. The van der Waals surface area contributed by atoms with E-state index in [1.165, 1.54) is 21.0 Å². The van der Waals surface area contributed by atoms with Crippen LogP contribution >= 0.6 is 0 Å². The molecule has 3 heterocycles. The number of amides is 2. The Kier molecular flexibility index (Phi) is 9.55. The summed E-state index contributed by atoms with van der Waals surface area (Å²) in [4.78, 5) is 29.7. The Balaban J connectivity index is 1.65. The molecule has 14 heteroatoms. The Morgan fingerprint density at radius 1 is 1.10 bits per heavy atom. The van der Waals surface area contributed by atoms with Crippen molar-refractivity contribution in [3.8, 4) is 34.8 Å². The number of carbonyl (C=O) groups excluding carboxylic acids is 2. The smallest absolute Gasteiger partial charge is 0.408 e. The summed E-state index contributed by atoms with van der Waals surface area (Å²) in [6, 6.07) is 0.920. The number of nitrogens with one attached hydrogen (secondary N) is 2. The molecule has 2 amide bonds. The lowest BCUT2D eigenvalue weighted by atomic mass is 9.75. The number of fused-ring (bicyclic) bond motifs is 7. The number of ether oxygens (including phenoxy) is 4. The van der Waals surface area contributed by atoms with Crippen LogP contribution < -0.4 is 20.1 Å². The van der Waals surface area contributed by atoms with Crippen LogP contribution in [0.3, 0.4) is 0 Å². The largest absolute Gasteiger partial charge is 0.507 e. The van der Waals surface area contributed by atoms with E-state index in [4.69, 9.17) is 18.9 Å². The van der Waals surface area contributed by atoms with E-state index in [1.54, 1.807) is 34.0 Å². The van der Waals surface area contributed by atoms with Gasteiger partial charge in [0.15, 0.2) is 29.8 Å². The van der Waals surface area contributed by atoms with E-state index in [0.717, 1.165) is 16.7 Å². The molecule has 1 saturated heterocycles. The van der Waals surface area contributed by atoms with Gasteiger partial charge in [-0.15, -0.1) is 0 Å². The number of piperazine rings is 1. The summed E-state index contributed by atoms with van der Waals surface area (Å²) >= 11 is 0. The van der Waals surface area contributed by atoms with E-state index in [0.29, 0.717) is 23.6 Å². The van der Waals surface area contributed by atoms with E-state index < -0.39 is 53.3 Å². The SMILES string of the molecule is COCOc1c(OC)c(C)cc2c1[C@@H]1C3=Cc4c(O)c(C)c(O)c(O)c4[C@H](CNC(=O)[C@H](C)NC(=O)OC(C)(C)C)N3[C@@H](C#N)[C@H](C2)N1C. The van der Waals surface area contributed by atoms with Gasteiger partial charge in [-0.05, 0) is 72.2 Å². The maximum absolute atomic E-state index is 13.4. The van der Waals surface area contributed by atoms with Gasteiger partial charge in [0.05, 0.1) is 25.3 Å². The van der Waals surface area contributed by atoms with Gasteiger partial charge >= 0.3 is 6.09 Å². The standard InChI is InChI=1S/C35H45N5O9/c1-16-10-19-11-21-23(13-36)40-22(27(39(21)7)25(19)32(31(16)47-9)48-15-46-8)12-20-26(30(43)29(42)17(2)28(20)41)24(40)14-37-33(44)18(3)38-34(45)49-35(4,5)6/h10,12,18,21,23-24,27,41-43H,11,14-15H2,1-9H3,(H,37,44)(H,38,45)/t18-,21-,23-,24-,27-/m0/s1. The zero-order valence-corrected chi connectivity index (χ0v) is 29.3. The highest BCUT2D eigenvalue weighted by Gasteiger charge is 2.53. The maximum atomic E-state index is 13.4. The van der Waals surface area contributed by atoms with Crippen LogP contribution in [0.25, 0.3) is 6.08 Å². The minimum Gasteiger partial charge on any atom is -0.507 e. The molecule has 0 aliphatic carbocycles. The van der Waals surface area contributed by atoms with Crippen LogP contribution in [0.4, 0.5) is 4.79 Å². The lowest BCUT2D eigenvalue weighted by Gasteiger charge is -2.57. The summed E-state index contributed by atoms with van der Waals surface area (Å²) in [5, 5.41) is 49.7. The second-order valence-electron chi connectivity index (χ2n) is 13.7. The molecule has 2 bridgehead atoms. The number of likely N-dealkylation sites (N-methyl/N-ethyl adjacent to an activating group) is 1. The predicted octanol–water partition coefficient (Wildman–Crippen LogP) is 3.64. The lowest BCUT2D eigenvalue weighted by molar-refractivity contribution is -0.123. The average Bonchev–Trinajstić information content (AvgIpc) is 3.03. The van der Waals surface area contributed by atoms with Crippen molar-refractivity contribution in [2.45, 2.75) is 83.8 Å². The second-order valence-corrected chi connectivity index (χ2v) is 13.7. The quantitative estimate of drug-likeness (QED) is 0.155. The number of hydrogen-bond acceptors (Lipinski definition) is 12. The van der Waals surface area contributed by atoms with Crippen LogP contribution in [-0.2, 0) is 20.7 Å². The highest BCUT2D eigenvalue weighted by molar-refractivity contribution is 5.85. The summed E-state index contributed by atoms with van der Waals surface area (Å²) < 4.78 is 22.5. The number of carbonyl (C=O) groups is 2. The van der Waals surface area contributed by atoms with Crippen molar-refractivity contribution < 1.29 is 43.9 Å². The first kappa shape index (κ1) is 35.4. The molecule has 2 aromatic carbocycles. The predicted molar refractivity (Wildman–Crippen MR) is 178 cm³/mol. The Morgan fingerprint density at radius 3 is 2.41 bits per heavy atom. The molecule has 0 unspecified atom stereocenters. The third-order valence-corrected chi connectivity index (χ3v) is 9.37. The van der Waals surface area contributed by atoms with Crippen LogP contribution in [0.2, 0.25) is 0 Å². The Hall–Kier alpha value is -4.87. The molecule has 264 valence electrons. The van der Waals surface area contributed by atoms with Crippen molar-refractivity contribution in [3.63, 3.8) is 0 Å². The Morgan fingerprint density at radius 2 is 1.80 bits per heavy atom. The number of aryl methyl sites for hydroxylation is 1. The van der Waals surface area contributed by atoms with Crippen molar-refractivity contribution in [1.29, 1.82) is 5.26 Å². The van der Waals surface area contributed by atoms with Crippen LogP contribution in [0, 0.1) is 25.2 Å². The number of aromatic hydroxyl groups is 3. The molecule has 5 N–H and O–H groups in total. The van der Waals surface area contributed by atoms with Gasteiger partial charge in [-0.1, -0.05) is 6.07 Å². The van der Waals surface area contributed by atoms with Crippen LogP contribution in [0.15, 0.2) is 11.8 Å². The van der Waals surface area contributed by atoms with E-state index in [-0.39, 0.29) is 41.8 Å². The van der Waals surface area contributed by atoms with E-state index >= 15 is 0 Å². The Bertz CT molecular complexity index is 1740. The first-order valence-electron chi connectivity index (χ1n) is 16.0. The van der Waals surface area contributed by atoms with Gasteiger partial charge in [-0.3, -0.25) is 9.69 Å². The van der Waals surface area contributed by atoms with E-state index in [1.807, 2.05) is 24.9 Å². The van der Waals surface area contributed by atoms with Crippen LogP contribution in [-0.4, -0.2) is 95.5 Å². The monoisotopic (exact) mass is 679 g/mol. The molecule has 5 atom stereocenters. The molecule has 2 aromatic rings. The number of hydrogen-bond donors (Lipinski definition) is 5. The lowest BCUT2D eigenvalue weighted by Crippen LogP contribution is -2.62. The highest BCUT2D eigenvalue weighted by atomic mass is 16.7. The normalized spacial score (nSPS) is 21.6. The van der Waals surface area contributed by atoms with E-state index in [9.17, 15) is 30.2 Å². The molecule has 0 saturated carbocycles. The third-order valence-electron chi connectivity index (χ3n) is 9.37. The minimum atomic E-state index is -0.997. The van der Waals surface area contributed by atoms with Crippen molar-refractivity contribution in [3.05, 3.63) is 45.1 Å². The maximum Gasteiger partial charge on any atom is 0.408 e. The van der Waals surface area contributed by atoms with E-state index in [2.05, 4.69) is 21.6 Å². The first-order chi connectivity index (χ1) is 23.1. The zero-order valence-electron chi connectivity index (χ0n) is 29.3. The number of nitriles is 1. The van der Waals surface area contributed by atoms with Crippen molar-refractivity contribution in [2.75, 3.05) is 34.6 Å². The molecule has 0 radical (unpaired) electrons. The van der Waals surface area contributed by atoms with Gasteiger partial charge in [-0.2, -0.15) is 5.26 Å². The summed E-state index contributed by atoms with van der Waals surface area (Å²) in [5.41, 5.74) is 2.92. The summed E-state index contributed by atoms with van der Waals surface area (Å²) in [6.45, 7) is 9.84. The number of benzene rings is 2. The summed E-state index contributed by atoms with van der Waals surface area (Å²) in [7, 11) is 5.00. The van der Waals surface area contributed by atoms with Crippen LogP contribution in [0.1, 0.15) is 73.2 Å². The highest BCUT2D eigenvalue weighted by Crippen LogP contribution is 2.58. The molecule has 5 rings (SSSR count). The molecule has 3 aliphatic heterocycles. The first-order valence-corrected chi connectivity index (χ1v) is 16.0. The van der Waals surface area contributed by atoms with Crippen molar-refractivity contribution >= 4 is 18.1 Å². The molecule has 3 aliphatic rings. The average molecular weight is 680 g/mol. The second kappa shape index (κ2) is 13.2. The fourth-order valence-corrected chi connectivity index (χ4v) is 7.20. The number of rotatable bonds is 8. The van der Waals surface area contributed by atoms with Gasteiger partial charge in [0.2, 0.25) is 5.91 Å². The number of phenols is 3. The summed E-state index contributed by atoms with van der Waals surface area (Å²) in [6.07, 6.45) is 1.42. The van der Waals surface area contributed by atoms with Crippen molar-refractivity contribution in [2.24, 2.45) is 0 Å². The summed E-state index contributed by atoms with van der Waals surface area (Å²) in [5.74, 6) is -0.759. The topological polar surface area (TPSA) is 186 Å².